The number of halogens is 2. The molecule has 0 spiro atoms. The van der Waals surface area contributed by atoms with E-state index in [2.05, 4.69) is 41.2 Å². The van der Waals surface area contributed by atoms with Crippen molar-refractivity contribution in [3.63, 3.8) is 0 Å². The van der Waals surface area contributed by atoms with Gasteiger partial charge in [-0.15, -0.1) is 0 Å². The van der Waals surface area contributed by atoms with Crippen LogP contribution in [-0.2, 0) is 13.2 Å². The van der Waals surface area contributed by atoms with Crippen molar-refractivity contribution in [3.8, 4) is 11.5 Å². The largest absolute Gasteiger partial charge is 0.493 e. The Balaban J connectivity index is 1.39. The fourth-order valence-electron chi connectivity index (χ4n) is 7.77. The van der Waals surface area contributed by atoms with E-state index in [1.165, 1.54) is 38.5 Å². The zero-order valence-electron chi connectivity index (χ0n) is 19.3. The molecule has 0 aliphatic heterocycles. The van der Waals surface area contributed by atoms with Crippen molar-refractivity contribution in [2.45, 2.75) is 71.1 Å². The van der Waals surface area contributed by atoms with E-state index >= 15 is 0 Å². The van der Waals surface area contributed by atoms with Gasteiger partial charge in [0.25, 0.3) is 0 Å². The van der Waals surface area contributed by atoms with Gasteiger partial charge in [0.15, 0.2) is 11.5 Å². The van der Waals surface area contributed by atoms with E-state index in [4.69, 9.17) is 21.1 Å². The number of hydrogen-bond acceptors (Lipinski definition) is 3. The van der Waals surface area contributed by atoms with E-state index < -0.39 is 0 Å². The molecule has 4 bridgehead atoms. The fraction of sp³-hybridized carbons (Fsp3) is 0.556. The molecule has 2 aromatic rings. The second-order valence-corrected chi connectivity index (χ2v) is 12.5. The Kier molecular flexibility index (Phi) is 5.79. The smallest absolute Gasteiger partial charge is 0.167 e. The van der Waals surface area contributed by atoms with Gasteiger partial charge in [-0.05, 0) is 85.1 Å². The highest BCUT2D eigenvalue weighted by molar-refractivity contribution is 9.10. The van der Waals surface area contributed by atoms with E-state index in [1.54, 1.807) is 7.11 Å². The molecule has 4 aliphatic carbocycles. The maximum atomic E-state index is 6.34. The lowest BCUT2D eigenvalue weighted by Crippen LogP contribution is -2.63. The first-order chi connectivity index (χ1) is 15.2. The third kappa shape index (κ3) is 4.31. The summed E-state index contributed by atoms with van der Waals surface area (Å²) < 4.78 is 13.1. The molecule has 2 unspecified atom stereocenters. The predicted octanol–water partition coefficient (Wildman–Crippen LogP) is 7.53. The number of methoxy groups -OCH3 is 1. The van der Waals surface area contributed by atoms with Crippen LogP contribution in [0.1, 0.15) is 63.5 Å². The molecule has 4 fully saturated rings. The molecule has 3 nitrogen and oxygen atoms in total. The molecule has 6 rings (SSSR count). The van der Waals surface area contributed by atoms with Crippen molar-refractivity contribution in [1.82, 2.24) is 5.32 Å². The Morgan fingerprint density at radius 2 is 1.81 bits per heavy atom. The lowest BCUT2D eigenvalue weighted by atomic mass is 9.43. The normalized spacial score (nSPS) is 32.8. The van der Waals surface area contributed by atoms with Gasteiger partial charge >= 0.3 is 0 Å². The Morgan fingerprint density at radius 1 is 1.06 bits per heavy atom. The van der Waals surface area contributed by atoms with Crippen LogP contribution in [0.15, 0.2) is 40.9 Å². The van der Waals surface area contributed by atoms with E-state index in [1.807, 2.05) is 30.3 Å². The molecular formula is C27H33BrClNO2. The van der Waals surface area contributed by atoms with Crippen LogP contribution in [-0.4, -0.2) is 12.6 Å². The maximum absolute atomic E-state index is 6.34. The minimum atomic E-state index is 0.232. The number of benzene rings is 2. The summed E-state index contributed by atoms with van der Waals surface area (Å²) in [5, 5.41) is 4.77. The van der Waals surface area contributed by atoms with Gasteiger partial charge in [0.1, 0.15) is 6.61 Å². The van der Waals surface area contributed by atoms with Crippen molar-refractivity contribution < 1.29 is 9.47 Å². The third-order valence-corrected chi connectivity index (χ3v) is 8.90. The molecule has 4 saturated carbocycles. The van der Waals surface area contributed by atoms with Crippen molar-refractivity contribution in [2.75, 3.05) is 7.11 Å². The first kappa shape index (κ1) is 22.6. The van der Waals surface area contributed by atoms with E-state index in [0.717, 1.165) is 44.6 Å². The molecule has 32 heavy (non-hydrogen) atoms. The van der Waals surface area contributed by atoms with Crippen LogP contribution < -0.4 is 14.8 Å². The molecule has 4 aliphatic rings. The Bertz CT molecular complexity index is 1010. The molecule has 2 atom stereocenters. The summed E-state index contributed by atoms with van der Waals surface area (Å²) in [6, 6.07) is 11.8. The molecule has 2 aromatic carbocycles. The number of hydrogen-bond donors (Lipinski definition) is 1. The number of nitrogens with one attached hydrogen (secondary N) is 1. The van der Waals surface area contributed by atoms with E-state index in [9.17, 15) is 0 Å². The Hall–Kier alpha value is -1.23. The highest BCUT2D eigenvalue weighted by Gasteiger charge is 2.59. The quantitative estimate of drug-likeness (QED) is 0.411. The van der Waals surface area contributed by atoms with Crippen LogP contribution in [0.5, 0.6) is 11.5 Å². The van der Waals surface area contributed by atoms with Gasteiger partial charge in [0.2, 0.25) is 0 Å². The second kappa shape index (κ2) is 8.21. The summed E-state index contributed by atoms with van der Waals surface area (Å²) in [7, 11) is 1.70. The van der Waals surface area contributed by atoms with Gasteiger partial charge < -0.3 is 14.8 Å². The summed E-state index contributed by atoms with van der Waals surface area (Å²) in [5.41, 5.74) is 3.37. The highest BCUT2D eigenvalue weighted by Crippen LogP contribution is 2.66. The van der Waals surface area contributed by atoms with Crippen LogP contribution >= 0.6 is 27.5 Å². The summed E-state index contributed by atoms with van der Waals surface area (Å²) in [6.45, 7) is 6.26. The summed E-state index contributed by atoms with van der Waals surface area (Å²) in [5.74, 6) is 2.43. The Labute approximate surface area is 205 Å². The predicted molar refractivity (Wildman–Crippen MR) is 133 cm³/mol. The molecule has 0 aromatic heterocycles. The van der Waals surface area contributed by atoms with Crippen LogP contribution in [0.4, 0.5) is 0 Å². The minimum Gasteiger partial charge on any atom is -0.493 e. The van der Waals surface area contributed by atoms with Crippen LogP contribution in [0.2, 0.25) is 5.02 Å². The monoisotopic (exact) mass is 517 g/mol. The lowest BCUT2D eigenvalue weighted by molar-refractivity contribution is -0.118. The van der Waals surface area contributed by atoms with E-state index in [-0.39, 0.29) is 5.54 Å². The van der Waals surface area contributed by atoms with Gasteiger partial charge in [-0.1, -0.05) is 53.5 Å². The minimum absolute atomic E-state index is 0.232. The van der Waals surface area contributed by atoms with Crippen molar-refractivity contribution >= 4 is 27.5 Å². The summed E-state index contributed by atoms with van der Waals surface area (Å²) in [4.78, 5) is 0. The first-order valence-electron chi connectivity index (χ1n) is 11.7. The van der Waals surface area contributed by atoms with Crippen LogP contribution in [0, 0.1) is 16.7 Å². The van der Waals surface area contributed by atoms with Crippen molar-refractivity contribution in [2.24, 2.45) is 16.7 Å². The molecule has 0 amide bonds. The Morgan fingerprint density at radius 3 is 2.47 bits per heavy atom. The number of rotatable bonds is 7. The average molecular weight is 519 g/mol. The van der Waals surface area contributed by atoms with Gasteiger partial charge in [-0.2, -0.15) is 0 Å². The van der Waals surface area contributed by atoms with Crippen molar-refractivity contribution in [3.05, 3.63) is 57.0 Å². The molecular weight excluding hydrogens is 486 g/mol. The van der Waals surface area contributed by atoms with Gasteiger partial charge in [0, 0.05) is 27.1 Å². The zero-order chi connectivity index (χ0) is 22.6. The van der Waals surface area contributed by atoms with Gasteiger partial charge in [-0.3, -0.25) is 0 Å². The summed E-state index contributed by atoms with van der Waals surface area (Å²) >= 11 is 9.95. The van der Waals surface area contributed by atoms with E-state index in [0.29, 0.717) is 17.4 Å². The van der Waals surface area contributed by atoms with Gasteiger partial charge in [-0.25, -0.2) is 0 Å². The topological polar surface area (TPSA) is 30.5 Å². The van der Waals surface area contributed by atoms with Crippen LogP contribution in [0.25, 0.3) is 0 Å². The zero-order valence-corrected chi connectivity index (χ0v) is 21.6. The van der Waals surface area contributed by atoms with Crippen molar-refractivity contribution in [1.29, 1.82) is 0 Å². The summed E-state index contributed by atoms with van der Waals surface area (Å²) in [6.07, 6.45) is 8.07. The lowest BCUT2D eigenvalue weighted by Gasteiger charge is -2.65. The second-order valence-electron chi connectivity index (χ2n) is 11.2. The first-order valence-corrected chi connectivity index (χ1v) is 12.9. The average Bonchev–Trinajstić information content (AvgIpc) is 2.69. The molecule has 0 heterocycles. The maximum Gasteiger partial charge on any atom is 0.167 e. The molecule has 172 valence electrons. The highest BCUT2D eigenvalue weighted by atomic mass is 79.9. The van der Waals surface area contributed by atoms with Gasteiger partial charge in [0.05, 0.1) is 7.11 Å². The van der Waals surface area contributed by atoms with Crippen LogP contribution in [0.3, 0.4) is 0 Å². The molecule has 1 N–H and O–H groups in total. The molecule has 5 heteroatoms. The number of ether oxygens (including phenoxy) is 2. The third-order valence-electron chi connectivity index (χ3n) is 7.93. The fourth-order valence-corrected chi connectivity index (χ4v) is 8.43. The SMILES string of the molecule is COc1ccc(Br)c(CNC23CC4CC(C)(CC(C)(C4)C2)C3)c1OCc1cccc(Cl)c1. The molecule has 0 radical (unpaired) electrons. The molecule has 0 saturated heterocycles. The standard InChI is InChI=1S/C27H33BrClNO2/c1-25-10-19-11-26(2,15-25)17-27(12-19,16-25)30-13-21-22(28)7-8-23(31-3)24(21)32-14-18-5-4-6-20(29)9-18/h4-9,19,30H,10-17H2,1-3H3.